The number of aliphatic hydroxyl groups excluding tert-OH is 1. The van der Waals surface area contributed by atoms with Crippen molar-refractivity contribution in [2.45, 2.75) is 31.9 Å². The summed E-state index contributed by atoms with van der Waals surface area (Å²) in [6, 6.07) is 19.4. The number of rotatable bonds is 4. The lowest BCUT2D eigenvalue weighted by Gasteiger charge is -2.35. The maximum absolute atomic E-state index is 12.8. The monoisotopic (exact) mass is 439 g/mol. The van der Waals surface area contributed by atoms with Crippen molar-refractivity contribution < 1.29 is 14.6 Å². The van der Waals surface area contributed by atoms with Crippen LogP contribution in [0, 0.1) is 5.92 Å². The molecular formula is C24H29N3O3S. The zero-order chi connectivity index (χ0) is 22.5. The molecule has 0 radical (unpaired) electrons. The summed E-state index contributed by atoms with van der Waals surface area (Å²) in [5.74, 6) is -0.285. The van der Waals surface area contributed by atoms with Crippen LogP contribution in [-0.2, 0) is 10.3 Å². The lowest BCUT2D eigenvalue weighted by Crippen LogP contribution is -2.52. The molecule has 7 heteroatoms. The third-order valence-electron chi connectivity index (χ3n) is 5.20. The van der Waals surface area contributed by atoms with Gasteiger partial charge in [-0.1, -0.05) is 60.7 Å². The standard InChI is InChI=1S/C24H29N3O3S/c1-23(2,3)30-22(29)27-15-20(16-28)24(17-27,19-12-8-5-9-13-19)26-21(31)25-14-18-10-6-4-7-11-18/h4-14,20,28H,15-17H2,1-3H3,(H,26,31)/t20-,24+/m0/s1. The molecule has 164 valence electrons. The minimum absolute atomic E-state index is 0.119. The Hall–Kier alpha value is -2.77. The molecule has 31 heavy (non-hydrogen) atoms. The number of ether oxygens (including phenoxy) is 1. The van der Waals surface area contributed by atoms with Gasteiger partial charge in [0.2, 0.25) is 0 Å². The van der Waals surface area contributed by atoms with E-state index < -0.39 is 17.2 Å². The largest absolute Gasteiger partial charge is 0.444 e. The van der Waals surface area contributed by atoms with Gasteiger partial charge in [-0.3, -0.25) is 0 Å². The fourth-order valence-electron chi connectivity index (χ4n) is 3.77. The summed E-state index contributed by atoms with van der Waals surface area (Å²) in [5.41, 5.74) is 0.475. The van der Waals surface area contributed by atoms with Crippen LogP contribution in [0.3, 0.4) is 0 Å². The summed E-state index contributed by atoms with van der Waals surface area (Å²) >= 11 is 5.53. The minimum atomic E-state index is -0.780. The Morgan fingerprint density at radius 2 is 1.84 bits per heavy atom. The number of hydrogen-bond donors (Lipinski definition) is 2. The Bertz CT molecular complexity index is 928. The molecule has 0 aliphatic carbocycles. The number of carbonyl (C=O) groups excluding carboxylic acids is 1. The molecule has 1 aliphatic heterocycles. The molecule has 3 rings (SSSR count). The van der Waals surface area contributed by atoms with E-state index in [2.05, 4.69) is 10.3 Å². The van der Waals surface area contributed by atoms with E-state index in [0.717, 1.165) is 11.1 Å². The van der Waals surface area contributed by atoms with Gasteiger partial charge in [0.1, 0.15) is 5.60 Å². The number of nitrogens with one attached hydrogen (secondary N) is 1. The zero-order valence-electron chi connectivity index (χ0n) is 18.1. The van der Waals surface area contributed by atoms with E-state index >= 15 is 0 Å². The first-order valence-corrected chi connectivity index (χ1v) is 10.7. The maximum Gasteiger partial charge on any atom is 0.410 e. The number of aliphatic imine (C=N–C) groups is 1. The molecule has 1 aliphatic rings. The van der Waals surface area contributed by atoms with Crippen LogP contribution >= 0.6 is 12.2 Å². The number of aliphatic hydroxyl groups is 1. The maximum atomic E-state index is 12.8. The van der Waals surface area contributed by atoms with Gasteiger partial charge < -0.3 is 20.1 Å². The Kier molecular flexibility index (Phi) is 7.08. The third-order valence-corrected chi connectivity index (χ3v) is 5.41. The van der Waals surface area contributed by atoms with Gasteiger partial charge in [0.05, 0.1) is 18.7 Å². The number of carbonyl (C=O) groups is 1. The highest BCUT2D eigenvalue weighted by atomic mass is 32.1. The van der Waals surface area contributed by atoms with Crippen LogP contribution in [0.25, 0.3) is 0 Å². The third kappa shape index (κ3) is 5.68. The molecule has 2 aromatic carbocycles. The minimum Gasteiger partial charge on any atom is -0.444 e. The number of amides is 1. The smallest absolute Gasteiger partial charge is 0.410 e. The van der Waals surface area contributed by atoms with Gasteiger partial charge in [0.25, 0.3) is 0 Å². The second kappa shape index (κ2) is 9.58. The van der Waals surface area contributed by atoms with Crippen molar-refractivity contribution in [2.24, 2.45) is 10.9 Å². The van der Waals surface area contributed by atoms with E-state index in [0.29, 0.717) is 13.1 Å². The van der Waals surface area contributed by atoms with E-state index in [1.807, 2.05) is 81.4 Å². The van der Waals surface area contributed by atoms with Crippen molar-refractivity contribution in [1.29, 1.82) is 0 Å². The molecule has 0 aromatic heterocycles. The van der Waals surface area contributed by atoms with E-state index in [1.165, 1.54) is 0 Å². The first kappa shape index (κ1) is 22.9. The highest BCUT2D eigenvalue weighted by Crippen LogP contribution is 2.37. The molecule has 0 saturated carbocycles. The van der Waals surface area contributed by atoms with Crippen LogP contribution < -0.4 is 5.32 Å². The highest BCUT2D eigenvalue weighted by Gasteiger charge is 2.50. The van der Waals surface area contributed by atoms with Crippen LogP contribution in [0.15, 0.2) is 65.7 Å². The van der Waals surface area contributed by atoms with Crippen molar-refractivity contribution in [3.8, 4) is 0 Å². The number of hydrogen-bond acceptors (Lipinski definition) is 4. The summed E-state index contributed by atoms with van der Waals surface area (Å²) in [6.45, 7) is 6.03. The molecular weight excluding hydrogens is 410 g/mol. The van der Waals surface area contributed by atoms with Gasteiger partial charge in [0.15, 0.2) is 5.11 Å². The lowest BCUT2D eigenvalue weighted by molar-refractivity contribution is 0.0278. The Balaban J connectivity index is 1.89. The first-order chi connectivity index (χ1) is 14.7. The summed E-state index contributed by atoms with van der Waals surface area (Å²) in [7, 11) is 0. The SMILES string of the molecule is CC(C)(C)OC(=O)N1C[C@@H](CO)[C@](NC(=S)N=Cc2ccccc2)(c2ccccc2)C1. The number of likely N-dealkylation sites (tertiary alicyclic amines) is 1. The summed E-state index contributed by atoms with van der Waals surface area (Å²) in [5, 5.41) is 13.9. The van der Waals surface area contributed by atoms with Crippen LogP contribution in [0.4, 0.5) is 4.79 Å². The molecule has 2 N–H and O–H groups in total. The van der Waals surface area contributed by atoms with Crippen LogP contribution in [-0.4, -0.2) is 52.7 Å². The van der Waals surface area contributed by atoms with Crippen molar-refractivity contribution in [3.05, 3.63) is 71.8 Å². The van der Waals surface area contributed by atoms with Gasteiger partial charge in [-0.2, -0.15) is 0 Å². The molecule has 1 heterocycles. The molecule has 6 nitrogen and oxygen atoms in total. The van der Waals surface area contributed by atoms with Crippen molar-refractivity contribution >= 4 is 29.6 Å². The molecule has 0 spiro atoms. The van der Waals surface area contributed by atoms with E-state index in [9.17, 15) is 9.90 Å². The van der Waals surface area contributed by atoms with Gasteiger partial charge in [-0.05, 0) is 44.1 Å². The predicted molar refractivity (Wildman–Crippen MR) is 126 cm³/mol. The van der Waals surface area contributed by atoms with Gasteiger partial charge in [-0.15, -0.1) is 0 Å². The van der Waals surface area contributed by atoms with Gasteiger partial charge >= 0.3 is 6.09 Å². The normalized spacial score (nSPS) is 21.3. The topological polar surface area (TPSA) is 74.2 Å². The average Bonchev–Trinajstić information content (AvgIpc) is 3.12. The number of thiocarbonyl (C=S) groups is 1. The quantitative estimate of drug-likeness (QED) is 0.561. The Labute approximate surface area is 188 Å². The summed E-state index contributed by atoms with van der Waals surface area (Å²) < 4.78 is 5.57. The fraction of sp³-hybridized carbons (Fsp3) is 0.375. The van der Waals surface area contributed by atoms with Crippen LogP contribution in [0.5, 0.6) is 0 Å². The second-order valence-electron chi connectivity index (χ2n) is 8.68. The fourth-order valence-corrected chi connectivity index (χ4v) is 4.00. The van der Waals surface area contributed by atoms with Crippen molar-refractivity contribution in [2.75, 3.05) is 19.7 Å². The lowest BCUT2D eigenvalue weighted by atomic mass is 9.81. The molecule has 0 bridgehead atoms. The first-order valence-electron chi connectivity index (χ1n) is 10.3. The summed E-state index contributed by atoms with van der Waals surface area (Å²) in [6.07, 6.45) is 1.28. The van der Waals surface area contributed by atoms with E-state index in [4.69, 9.17) is 17.0 Å². The molecule has 2 atom stereocenters. The number of benzene rings is 2. The highest BCUT2D eigenvalue weighted by molar-refractivity contribution is 7.80. The van der Waals surface area contributed by atoms with Crippen molar-refractivity contribution in [3.63, 3.8) is 0 Å². The molecule has 1 amide bonds. The Morgan fingerprint density at radius 3 is 2.42 bits per heavy atom. The molecule has 2 aromatic rings. The second-order valence-corrected chi connectivity index (χ2v) is 9.06. The zero-order valence-corrected chi connectivity index (χ0v) is 18.9. The molecule has 0 unspecified atom stereocenters. The van der Waals surface area contributed by atoms with Crippen LogP contribution in [0.2, 0.25) is 0 Å². The predicted octanol–water partition coefficient (Wildman–Crippen LogP) is 3.73. The molecule has 1 fully saturated rings. The van der Waals surface area contributed by atoms with Crippen LogP contribution in [0.1, 0.15) is 31.9 Å². The molecule has 1 saturated heterocycles. The summed E-state index contributed by atoms with van der Waals surface area (Å²) in [4.78, 5) is 18.8. The average molecular weight is 440 g/mol. The van der Waals surface area contributed by atoms with Gasteiger partial charge in [-0.25, -0.2) is 9.79 Å². The Morgan fingerprint density at radius 1 is 1.23 bits per heavy atom. The van der Waals surface area contributed by atoms with E-state index in [1.54, 1.807) is 11.1 Å². The van der Waals surface area contributed by atoms with Gasteiger partial charge in [0, 0.05) is 18.7 Å². The van der Waals surface area contributed by atoms with E-state index in [-0.39, 0.29) is 17.6 Å². The number of nitrogens with zero attached hydrogens (tertiary/aromatic N) is 2. The van der Waals surface area contributed by atoms with Crippen molar-refractivity contribution in [1.82, 2.24) is 10.2 Å².